The molecule has 0 bridgehead atoms. The third-order valence-corrected chi connectivity index (χ3v) is 33.9. The molecule has 12 fully saturated rings. The molecule has 2 aromatic carbocycles. The van der Waals surface area contributed by atoms with Gasteiger partial charge in [-0.2, -0.15) is 18.4 Å². The van der Waals surface area contributed by atoms with E-state index in [1.165, 1.54) is 262 Å². The lowest BCUT2D eigenvalue weighted by atomic mass is 9.66. The second-order valence-electron chi connectivity index (χ2n) is 48.1. The van der Waals surface area contributed by atoms with Crippen molar-refractivity contribution in [1.82, 2.24) is 58.9 Å². The van der Waals surface area contributed by atoms with Gasteiger partial charge in [-0.3, -0.25) is 39.4 Å². The molecule has 4 aromatic heterocycles. The lowest BCUT2D eigenvalue weighted by Crippen LogP contribution is -2.49. The maximum absolute atomic E-state index is 12.6. The molecule has 0 atom stereocenters. The third kappa shape index (κ3) is 26.4. The van der Waals surface area contributed by atoms with Gasteiger partial charge in [-0.25, -0.2) is 15.0 Å². The molecule has 10 saturated heterocycles. The number of nitrogens with zero attached hydrogens (tertiary/aromatic N) is 17. The summed E-state index contributed by atoms with van der Waals surface area (Å²) in [5.74, 6) is 2.09. The second-order valence-corrected chi connectivity index (χ2v) is 48.1. The van der Waals surface area contributed by atoms with Crippen LogP contribution < -0.4 is 24.3 Å². The van der Waals surface area contributed by atoms with Gasteiger partial charge in [0.1, 0.15) is 5.75 Å². The first-order valence-electron chi connectivity index (χ1n) is 50.7. The molecule has 130 heavy (non-hydrogen) atoms. The number of aromatic nitrogens is 6. The molecular formula is C109H170F3N17O. The van der Waals surface area contributed by atoms with Crippen molar-refractivity contribution in [2.75, 3.05) is 158 Å². The van der Waals surface area contributed by atoms with E-state index < -0.39 is 11.7 Å². The zero-order chi connectivity index (χ0) is 93.2. The van der Waals surface area contributed by atoms with Crippen LogP contribution >= 0.6 is 0 Å². The van der Waals surface area contributed by atoms with Gasteiger partial charge in [0.15, 0.2) is 0 Å². The highest BCUT2D eigenvalue weighted by atomic mass is 19.4. The van der Waals surface area contributed by atoms with Gasteiger partial charge in [-0.05, 0) is 448 Å². The zero-order valence-electron chi connectivity index (χ0n) is 84.2. The Balaban J connectivity index is 0.000000133. The van der Waals surface area contributed by atoms with E-state index in [4.69, 9.17) is 10.00 Å². The number of benzene rings is 2. The topological polar surface area (TPSA) is 135 Å². The number of pyridine rings is 2. The largest absolute Gasteiger partial charge is 0.497 e. The standard InChI is InChI=1S/C19H31N3.C19H27N3.C19H30N2O.C18H28N2.C17H25F3N4.C17H29N3/c1-18(2,3)22-13-4-7-19(10-16-22)8-14-21(15-9-19)17-5-11-20-12-6-17;1-18(2,3)22-13-10-19(15-22)8-11-21(12-9-19)17-6-4-16(14-20)5-7-17;1-18(2,3)21-14-11-19(15-21)9-12-20(13-10-19)16-5-7-17(22-4)8-6-16;1-17(2,3)20-12-10-18(14-20)8-6-15(7-9-18)16-5-4-11-19-13-16;1-15(2,3)24-9-6-16(12-24)4-7-23(8-5-16)14-21-10-13(11-22-14)17(18,19)20;1-16(2,3)20-11-8-17(9-12-20)6-4-15(5-7-17)19-13-10-18-14-19/h5-6,11-12H,4,7-10,13-16H2,1-3H3;4-7H,8-13,15H2,1-3H3;5-8H,9-15H2,1-4H3;4-5,11,13,15H,6-10,12,14H2,1-3H3;10-11H,4-9,12H2,1-3H3;10,13-15H,4-9,11-12H2,1-3H3. The number of ether oxygens (including phenoxy) is 1. The lowest BCUT2D eigenvalue weighted by molar-refractivity contribution is -0.138. The molecule has 21 heteroatoms. The van der Waals surface area contributed by atoms with E-state index in [1.807, 2.05) is 48.1 Å². The molecule has 14 heterocycles. The molecular weight excluding hydrogens is 1620 g/mol. The van der Waals surface area contributed by atoms with E-state index in [0.717, 1.165) is 81.7 Å². The fraction of sp³-hybridized carbons (Fsp3) is 0.725. The first kappa shape index (κ1) is 101. The van der Waals surface area contributed by atoms with E-state index in [9.17, 15) is 13.2 Å². The van der Waals surface area contributed by atoms with Gasteiger partial charge in [-0.15, -0.1) is 0 Å². The smallest absolute Gasteiger partial charge is 0.419 e. The average Bonchev–Trinajstić information content (AvgIpc) is 1.61. The van der Waals surface area contributed by atoms with E-state index in [2.05, 4.69) is 277 Å². The number of imidazole rings is 1. The van der Waals surface area contributed by atoms with Gasteiger partial charge in [0, 0.05) is 184 Å². The molecule has 0 N–H and O–H groups in total. The van der Waals surface area contributed by atoms with E-state index in [-0.39, 0.29) is 5.54 Å². The number of hydrogen-bond donors (Lipinski definition) is 0. The fourth-order valence-electron chi connectivity index (χ4n) is 24.0. The highest BCUT2D eigenvalue weighted by molar-refractivity contribution is 5.51. The van der Waals surface area contributed by atoms with Crippen LogP contribution in [0, 0.1) is 43.8 Å². The number of methoxy groups -OCH3 is 1. The van der Waals surface area contributed by atoms with Crippen LogP contribution in [0.25, 0.3) is 0 Å². The monoisotopic (exact) mass is 1790 g/mol. The van der Waals surface area contributed by atoms with Crippen molar-refractivity contribution in [2.24, 2.45) is 32.5 Å². The molecule has 2 saturated carbocycles. The number of piperidine rings is 5. The molecule has 0 unspecified atom stereocenters. The fourth-order valence-corrected chi connectivity index (χ4v) is 24.0. The van der Waals surface area contributed by atoms with Gasteiger partial charge < -0.3 is 28.9 Å². The van der Waals surface area contributed by atoms with Crippen molar-refractivity contribution in [2.45, 2.75) is 337 Å². The van der Waals surface area contributed by atoms with Gasteiger partial charge in [0.2, 0.25) is 5.95 Å². The Morgan fingerprint density at radius 1 is 0.354 bits per heavy atom. The summed E-state index contributed by atoms with van der Waals surface area (Å²) in [6, 6.07) is 28.1. The molecule has 718 valence electrons. The summed E-state index contributed by atoms with van der Waals surface area (Å²) in [5.41, 5.74) is 10.5. The molecule has 6 aromatic rings. The predicted octanol–water partition coefficient (Wildman–Crippen LogP) is 23.1. The van der Waals surface area contributed by atoms with Gasteiger partial charge in [0.05, 0.1) is 30.6 Å². The van der Waals surface area contributed by atoms with Gasteiger partial charge >= 0.3 is 6.18 Å². The summed E-state index contributed by atoms with van der Waals surface area (Å²) in [4.78, 5) is 45.9. The Morgan fingerprint density at radius 2 is 0.708 bits per heavy atom. The van der Waals surface area contributed by atoms with E-state index in [1.54, 1.807) is 7.11 Å². The van der Waals surface area contributed by atoms with Crippen LogP contribution in [0.3, 0.4) is 0 Å². The van der Waals surface area contributed by atoms with Crippen molar-refractivity contribution in [3.63, 3.8) is 0 Å². The molecule has 0 amide bonds. The van der Waals surface area contributed by atoms with Crippen molar-refractivity contribution >= 4 is 23.0 Å². The van der Waals surface area contributed by atoms with Crippen LogP contribution in [0.15, 0.2) is 129 Å². The quantitative estimate of drug-likeness (QED) is 0.150. The summed E-state index contributed by atoms with van der Waals surface area (Å²) in [7, 11) is 1.72. The van der Waals surface area contributed by atoms with Crippen molar-refractivity contribution in [1.29, 1.82) is 5.26 Å². The van der Waals surface area contributed by atoms with Gasteiger partial charge in [-0.1, -0.05) is 6.07 Å². The van der Waals surface area contributed by atoms with Gasteiger partial charge in [0.25, 0.3) is 0 Å². The number of likely N-dealkylation sites (tertiary alicyclic amines) is 6. The van der Waals surface area contributed by atoms with Crippen LogP contribution in [-0.4, -0.2) is 230 Å². The molecule has 18 rings (SSSR count). The molecule has 2 aliphatic carbocycles. The summed E-state index contributed by atoms with van der Waals surface area (Å²) < 4.78 is 45.4. The van der Waals surface area contributed by atoms with Crippen LogP contribution in [0.5, 0.6) is 5.75 Å². The first-order valence-corrected chi connectivity index (χ1v) is 50.7. The second kappa shape index (κ2) is 41.7. The number of anilines is 4. The zero-order valence-corrected chi connectivity index (χ0v) is 84.2. The highest BCUT2D eigenvalue weighted by Crippen LogP contribution is 2.53. The van der Waals surface area contributed by atoms with Crippen LogP contribution in [0.1, 0.15) is 314 Å². The minimum atomic E-state index is -4.38. The van der Waals surface area contributed by atoms with Crippen LogP contribution in [0.4, 0.5) is 36.2 Å². The SMILES string of the molecule is CC(C)(C)N1CCC2(CCC(c3cccnc3)CC2)C1.CC(C)(C)N1CCC2(CCC(n3ccnc3)CC2)CC1.CC(C)(C)N1CCC2(CCN(c3ccc(C#N)cc3)CC2)C1.CC(C)(C)N1CCC2(CCN(c3ncc(C(F)(F)F)cn3)CC2)C1.CC(C)(C)N1CCCC2(CCN(c3ccncc3)CC2)CC1.COc1ccc(N2CCC3(CC2)CCN(C(C)(C)C)C3)cc1. The summed E-state index contributed by atoms with van der Waals surface area (Å²) >= 11 is 0. The van der Waals surface area contributed by atoms with E-state index >= 15 is 0 Å². The maximum Gasteiger partial charge on any atom is 0.419 e. The number of hydrogen-bond acceptors (Lipinski definition) is 17. The number of alkyl halides is 3. The number of nitriles is 1. The molecule has 10 aliphatic heterocycles. The highest BCUT2D eigenvalue weighted by Gasteiger charge is 2.50. The van der Waals surface area contributed by atoms with Crippen LogP contribution in [0.2, 0.25) is 0 Å². The molecule has 0 radical (unpaired) electrons. The summed E-state index contributed by atoms with van der Waals surface area (Å²) in [6.07, 6.45) is 44.5. The Kier molecular flexibility index (Phi) is 32.3. The third-order valence-electron chi connectivity index (χ3n) is 33.9. The number of rotatable bonds is 7. The average molecular weight is 1790 g/mol. The molecule has 12 aliphatic rings. The number of halogens is 3. The van der Waals surface area contributed by atoms with Crippen molar-refractivity contribution in [3.8, 4) is 11.8 Å². The van der Waals surface area contributed by atoms with E-state index in [0.29, 0.717) is 72.2 Å². The van der Waals surface area contributed by atoms with Crippen LogP contribution in [-0.2, 0) is 6.18 Å². The van der Waals surface area contributed by atoms with Crippen molar-refractivity contribution < 1.29 is 17.9 Å². The lowest BCUT2D eigenvalue weighted by Gasteiger charge is -2.49. The Morgan fingerprint density at radius 3 is 1.08 bits per heavy atom. The Bertz CT molecular complexity index is 4420. The summed E-state index contributed by atoms with van der Waals surface area (Å²) in [5, 5.41) is 8.90. The molecule has 6 spiro atoms. The first-order chi connectivity index (χ1) is 61.4. The normalized spacial score (nSPS) is 23.2. The molecule has 18 nitrogen and oxygen atoms in total. The Hall–Kier alpha value is -6.93. The minimum Gasteiger partial charge on any atom is -0.497 e. The Labute approximate surface area is 784 Å². The summed E-state index contributed by atoms with van der Waals surface area (Å²) in [6.45, 7) is 65.7. The predicted molar refractivity (Wildman–Crippen MR) is 530 cm³/mol. The van der Waals surface area contributed by atoms with Crippen molar-refractivity contribution in [3.05, 3.63) is 145 Å². The maximum atomic E-state index is 12.6. The minimum absolute atomic E-state index is 0.192.